The molecule has 0 heterocycles. The molecule has 23 heteroatoms. The van der Waals surface area contributed by atoms with E-state index < -0.39 is 43.9 Å². The zero-order valence-electron chi connectivity index (χ0n) is 54.2. The van der Waals surface area contributed by atoms with Gasteiger partial charge < -0.3 is 4.79 Å². The topological polar surface area (TPSA) is 134 Å². The molecule has 0 aliphatic heterocycles. The quantitative estimate of drug-likeness (QED) is 0.0706. The highest BCUT2D eigenvalue weighted by Crippen LogP contribution is 2.28. The van der Waals surface area contributed by atoms with Gasteiger partial charge in [0.15, 0.2) is 0 Å². The third kappa shape index (κ3) is 37.4. The summed E-state index contributed by atoms with van der Waals surface area (Å²) in [6.45, 7) is 32.7. The highest BCUT2D eigenvalue weighted by molar-refractivity contribution is 7.85. The van der Waals surface area contributed by atoms with E-state index in [0.29, 0.717) is 56.6 Å². The molecule has 0 radical (unpaired) electrons. The number of rotatable bonds is 21. The molecule has 0 fully saturated rings. The molecule has 0 saturated heterocycles. The van der Waals surface area contributed by atoms with Crippen molar-refractivity contribution in [3.63, 3.8) is 0 Å². The van der Waals surface area contributed by atoms with Crippen molar-refractivity contribution >= 4 is 177 Å². The van der Waals surface area contributed by atoms with Crippen molar-refractivity contribution in [2.24, 2.45) is 8.80 Å². The van der Waals surface area contributed by atoms with E-state index in [9.17, 15) is 21.6 Å². The molecule has 0 spiro atoms. The van der Waals surface area contributed by atoms with Crippen LogP contribution in [0.15, 0.2) is 99.8 Å². The van der Waals surface area contributed by atoms with Gasteiger partial charge in [0.25, 0.3) is 0 Å². The second-order valence-electron chi connectivity index (χ2n) is 25.2. The van der Waals surface area contributed by atoms with Gasteiger partial charge in [-0.15, -0.1) is 0 Å². The summed E-state index contributed by atoms with van der Waals surface area (Å²) in [5.74, 6) is 0.186. The Morgan fingerprint density at radius 2 is 0.596 bits per heavy atom. The third-order valence-electron chi connectivity index (χ3n) is 12.2. The Kier molecular flexibility index (Phi) is 39.9. The summed E-state index contributed by atoms with van der Waals surface area (Å²) in [6.07, 6.45) is 8.00. The van der Waals surface area contributed by atoms with Gasteiger partial charge in [-0.2, -0.15) is 8.80 Å². The van der Waals surface area contributed by atoms with E-state index >= 15 is 0 Å². The molecule has 5 aromatic rings. The summed E-state index contributed by atoms with van der Waals surface area (Å²) < 4.78 is 61.3. The molecular formula is C66H90Cl10N4O5S4. The fourth-order valence-corrected chi connectivity index (χ4v) is 11.3. The summed E-state index contributed by atoms with van der Waals surface area (Å²) in [5.41, 5.74) is 7.31. The van der Waals surface area contributed by atoms with Gasteiger partial charge in [0.2, 0.25) is 0 Å². The molecule has 0 amide bonds. The van der Waals surface area contributed by atoms with Crippen LogP contribution in [-0.4, -0.2) is 65.1 Å². The summed E-state index contributed by atoms with van der Waals surface area (Å²) >= 11 is 58.9. The molecule has 0 saturated carbocycles. The van der Waals surface area contributed by atoms with E-state index in [2.05, 4.69) is 18.2 Å². The number of hydrogen-bond donors (Lipinski definition) is 2. The minimum absolute atomic E-state index is 0.186. The zero-order valence-corrected chi connectivity index (χ0v) is 65.1. The van der Waals surface area contributed by atoms with Crippen molar-refractivity contribution in [3.8, 4) is 0 Å². The normalized spacial score (nSPS) is 14.2. The van der Waals surface area contributed by atoms with E-state index in [4.69, 9.17) is 116 Å². The number of benzene rings is 5. The van der Waals surface area contributed by atoms with Gasteiger partial charge in [0, 0.05) is 29.9 Å². The molecule has 5 rings (SSSR count). The average Bonchev–Trinajstić information content (AvgIpc) is 3.45. The molecule has 0 unspecified atom stereocenters. The first-order chi connectivity index (χ1) is 40.9. The van der Waals surface area contributed by atoms with Crippen LogP contribution in [0.3, 0.4) is 0 Å². The van der Waals surface area contributed by atoms with Crippen LogP contribution in [0.25, 0.3) is 0 Å². The molecule has 0 aliphatic carbocycles. The lowest BCUT2D eigenvalue weighted by molar-refractivity contribution is -0.116. The molecule has 9 nitrogen and oxygen atoms in total. The van der Waals surface area contributed by atoms with E-state index in [0.717, 1.165) is 97.0 Å². The maximum absolute atomic E-state index is 11.9. The maximum Gasteiger partial charge on any atom is 0.144 e. The van der Waals surface area contributed by atoms with Crippen LogP contribution in [0.4, 0.5) is 0 Å². The predicted octanol–water partition coefficient (Wildman–Crippen LogP) is 21.9. The predicted molar refractivity (Wildman–Crippen MR) is 398 cm³/mol. The van der Waals surface area contributed by atoms with E-state index in [-0.39, 0.29) is 36.9 Å². The Bertz CT molecular complexity index is 3050. The number of carbonyl (C=O) groups is 1. The molecule has 5 aromatic carbocycles. The van der Waals surface area contributed by atoms with Gasteiger partial charge in [-0.25, -0.2) is 26.3 Å². The second-order valence-corrected chi connectivity index (χ2v) is 37.1. The van der Waals surface area contributed by atoms with Crippen LogP contribution >= 0.6 is 116 Å². The Morgan fingerprint density at radius 3 is 0.798 bits per heavy atom. The van der Waals surface area contributed by atoms with Crippen LogP contribution in [0.1, 0.15) is 178 Å². The lowest BCUT2D eigenvalue weighted by Gasteiger charge is -2.22. The van der Waals surface area contributed by atoms with Gasteiger partial charge in [-0.1, -0.05) is 146 Å². The minimum Gasteiger partial charge on any atom is -0.300 e. The third-order valence-corrected chi connectivity index (χ3v) is 22.4. The highest BCUT2D eigenvalue weighted by atomic mass is 35.5. The second kappa shape index (κ2) is 41.5. The van der Waals surface area contributed by atoms with Crippen LogP contribution in [0, 0.1) is 0 Å². The first kappa shape index (κ1) is 85.5. The summed E-state index contributed by atoms with van der Waals surface area (Å²) in [5, 5.41) is 5.65. The Hall–Kier alpha value is -1.47. The smallest absolute Gasteiger partial charge is 0.144 e. The lowest BCUT2D eigenvalue weighted by atomic mass is 10.1. The van der Waals surface area contributed by atoms with Gasteiger partial charge >= 0.3 is 0 Å². The van der Waals surface area contributed by atoms with Crippen LogP contribution < -0.4 is 9.44 Å². The van der Waals surface area contributed by atoms with Crippen molar-refractivity contribution in [1.29, 1.82) is 0 Å². The van der Waals surface area contributed by atoms with Crippen molar-refractivity contribution in [2.45, 2.75) is 213 Å². The standard InChI is InChI=1S/2C14H21Cl2NOS.2C14H19Cl2NOS.C10H10Cl2O/c4*1-10(17-19(18)14(2,3)4)5-6-11-7-8-12(15)13(16)9-11;1-7(13)2-3-8-4-5-9(11)10(12)6-8/h2*7-10,17H,5-6H2,1-4H3;2*7-9H,5-6H2,1-4H3;4-6H,2-3H2,1H3/t10-,19+;10-,19-;2*19-;/m1000./s1. The lowest BCUT2D eigenvalue weighted by Crippen LogP contribution is -2.38. The van der Waals surface area contributed by atoms with E-state index in [1.807, 2.05) is 178 Å². The maximum atomic E-state index is 11.9. The van der Waals surface area contributed by atoms with Gasteiger partial charge in [-0.3, -0.25) is 0 Å². The molecule has 0 aromatic heterocycles. The highest BCUT2D eigenvalue weighted by Gasteiger charge is 2.23. The monoisotopic (exact) mass is 1500 g/mol. The van der Waals surface area contributed by atoms with Gasteiger partial charge in [0.1, 0.15) is 27.8 Å². The largest absolute Gasteiger partial charge is 0.300 e. The fourth-order valence-electron chi connectivity index (χ4n) is 6.70. The van der Waals surface area contributed by atoms with Crippen molar-refractivity contribution in [2.75, 3.05) is 0 Å². The molecule has 89 heavy (non-hydrogen) atoms. The summed E-state index contributed by atoms with van der Waals surface area (Å²) in [4.78, 5) is 10.7. The number of Topliss-reactive ketones (excluding diaryl/α,β-unsaturated/α-hetero) is 1. The van der Waals surface area contributed by atoms with Crippen LogP contribution in [0.5, 0.6) is 0 Å². The Balaban J connectivity index is 0.000000559. The Morgan fingerprint density at radius 1 is 0.371 bits per heavy atom. The van der Waals surface area contributed by atoms with Crippen molar-refractivity contribution < 1.29 is 21.6 Å². The summed E-state index contributed by atoms with van der Waals surface area (Å²) in [6, 6.07) is 28.3. The van der Waals surface area contributed by atoms with E-state index in [1.54, 1.807) is 31.2 Å². The molecule has 498 valence electrons. The number of hydrogen-bond acceptors (Lipinski definition) is 5. The molecule has 0 aliphatic rings. The van der Waals surface area contributed by atoms with Gasteiger partial charge in [0.05, 0.1) is 91.2 Å². The number of ketones is 1. The average molecular weight is 1500 g/mol. The van der Waals surface area contributed by atoms with Crippen molar-refractivity contribution in [3.05, 3.63) is 169 Å². The number of aryl methyl sites for hydroxylation is 5. The van der Waals surface area contributed by atoms with Crippen LogP contribution in [-0.2, 0) is 80.8 Å². The molecule has 2 N–H and O–H groups in total. The number of nitrogens with zero attached hydrogens (tertiary/aromatic N) is 2. The number of halogens is 10. The molecule has 0 bridgehead atoms. The van der Waals surface area contributed by atoms with Crippen LogP contribution in [0.2, 0.25) is 50.2 Å². The van der Waals surface area contributed by atoms with Gasteiger partial charge in [-0.05, 0) is 264 Å². The minimum atomic E-state index is -1.19. The molecule has 6 atom stereocenters. The van der Waals surface area contributed by atoms with Crippen molar-refractivity contribution in [1.82, 2.24) is 9.44 Å². The zero-order chi connectivity index (χ0) is 68.4. The SMILES string of the molecule is CC(=O)CCc1ccc(Cl)c(Cl)c1.CC(CCc1ccc(Cl)c(Cl)c1)=N[S@@](=O)C(C)(C)C.CC(CCc1ccc(Cl)c(Cl)c1)=N[S@@](=O)C(C)(C)C.C[C@@H](CCc1ccc(Cl)c(Cl)c1)N[S@@](=O)C(C)(C)C.C[C@H](CCc1ccc(Cl)c(Cl)c1)N[S@@](=O)C(C)(C)C. The summed E-state index contributed by atoms with van der Waals surface area (Å²) in [7, 11) is -4.45. The fraction of sp³-hybridized carbons (Fsp3) is 0.500. The Labute approximate surface area is 593 Å². The first-order valence-corrected chi connectivity index (χ1v) is 37.2. The first-order valence-electron chi connectivity index (χ1n) is 28.9. The number of nitrogens with one attached hydrogen (secondary N) is 2. The van der Waals surface area contributed by atoms with E-state index in [1.165, 1.54) is 0 Å². The number of carbonyl (C=O) groups excluding carboxylic acids is 1. The molecular weight excluding hydrogens is 1410 g/mol.